The van der Waals surface area contributed by atoms with Crippen LogP contribution in [-0.2, 0) is 11.2 Å². The normalized spacial score (nSPS) is 11.0. The average molecular weight is 406 g/mol. The van der Waals surface area contributed by atoms with Crippen LogP contribution in [0.25, 0.3) is 4.96 Å². The molecule has 0 saturated carbocycles. The van der Waals surface area contributed by atoms with E-state index in [1.165, 1.54) is 33.3 Å². The lowest BCUT2D eigenvalue weighted by Crippen LogP contribution is -2.26. The number of fused-ring (bicyclic) bond motifs is 1. The van der Waals surface area contributed by atoms with Crippen LogP contribution in [0.3, 0.4) is 0 Å². The molecule has 0 aliphatic heterocycles. The zero-order valence-electron chi connectivity index (χ0n) is 15.4. The number of nitrogens with zero attached hydrogens (tertiary/aromatic N) is 2. The Bertz CT molecular complexity index is 1090. The summed E-state index contributed by atoms with van der Waals surface area (Å²) >= 11 is 2.67. The van der Waals surface area contributed by atoms with Crippen LogP contribution in [0.1, 0.15) is 49.9 Å². The Morgan fingerprint density at radius 1 is 1.26 bits per heavy atom. The molecule has 1 N–H and O–H groups in total. The minimum absolute atomic E-state index is 0.0794. The molecule has 142 valence electrons. The Morgan fingerprint density at radius 3 is 2.67 bits per heavy atom. The summed E-state index contributed by atoms with van der Waals surface area (Å²) in [6.07, 6.45) is 3.56. The van der Waals surface area contributed by atoms with Crippen molar-refractivity contribution in [2.45, 2.75) is 34.1 Å². The lowest BCUT2D eigenvalue weighted by Gasteiger charge is -2.08. The highest BCUT2D eigenvalue weighted by molar-refractivity contribution is 7.17. The summed E-state index contributed by atoms with van der Waals surface area (Å²) in [6.45, 7) is 7.66. The topological polar surface area (TPSA) is 89.8 Å². The second-order valence-corrected chi connectivity index (χ2v) is 8.28. The number of esters is 1. The second kappa shape index (κ2) is 7.61. The average Bonchev–Trinajstić information content (AvgIpc) is 3.14. The number of rotatable bonds is 5. The van der Waals surface area contributed by atoms with Crippen LogP contribution in [0, 0.1) is 13.8 Å². The first kappa shape index (κ1) is 19.2. The monoisotopic (exact) mass is 405 g/mol. The van der Waals surface area contributed by atoms with Crippen molar-refractivity contribution < 1.29 is 14.3 Å². The number of carbonyl (C=O) groups excluding carboxylic acids is 2. The van der Waals surface area contributed by atoms with Crippen molar-refractivity contribution in [1.29, 1.82) is 0 Å². The molecule has 3 aromatic rings. The Balaban J connectivity index is 2.00. The number of aryl methyl sites for hydroxylation is 2. The van der Waals surface area contributed by atoms with Gasteiger partial charge in [0, 0.05) is 22.1 Å². The third kappa shape index (κ3) is 3.52. The van der Waals surface area contributed by atoms with Crippen molar-refractivity contribution in [2.75, 3.05) is 11.9 Å². The van der Waals surface area contributed by atoms with Gasteiger partial charge in [0.05, 0.1) is 12.2 Å². The number of hydrogen-bond donors (Lipinski definition) is 1. The Labute approximate surface area is 163 Å². The van der Waals surface area contributed by atoms with Crippen LogP contribution >= 0.6 is 22.7 Å². The highest BCUT2D eigenvalue weighted by Gasteiger charge is 2.25. The third-order valence-electron chi connectivity index (χ3n) is 4.04. The maximum atomic E-state index is 12.7. The number of anilines is 1. The number of ether oxygens (including phenoxy) is 1. The SMILES string of the molecule is CCOC(=O)c1c(NC(=O)c2cnc3sc(C)cn3c2=O)sc(C)c1CC. The lowest BCUT2D eigenvalue weighted by atomic mass is 10.1. The summed E-state index contributed by atoms with van der Waals surface area (Å²) in [7, 11) is 0. The number of nitrogens with one attached hydrogen (secondary N) is 1. The fourth-order valence-electron chi connectivity index (χ4n) is 2.83. The van der Waals surface area contributed by atoms with Crippen molar-refractivity contribution in [3.05, 3.63) is 49.2 Å². The van der Waals surface area contributed by atoms with Crippen molar-refractivity contribution in [2.24, 2.45) is 0 Å². The van der Waals surface area contributed by atoms with Crippen molar-refractivity contribution >= 4 is 44.5 Å². The van der Waals surface area contributed by atoms with Gasteiger partial charge in [0.2, 0.25) is 0 Å². The van der Waals surface area contributed by atoms with E-state index in [-0.39, 0.29) is 12.2 Å². The molecular weight excluding hydrogens is 386 g/mol. The third-order valence-corrected chi connectivity index (χ3v) is 6.01. The Kier molecular flexibility index (Phi) is 5.43. The summed E-state index contributed by atoms with van der Waals surface area (Å²) < 4.78 is 6.49. The first-order chi connectivity index (χ1) is 12.9. The Hall–Kier alpha value is -2.52. The molecule has 0 aliphatic rings. The van der Waals surface area contributed by atoms with Crippen molar-refractivity contribution in [3.8, 4) is 0 Å². The van der Waals surface area contributed by atoms with Gasteiger partial charge in [-0.1, -0.05) is 6.92 Å². The van der Waals surface area contributed by atoms with Gasteiger partial charge in [-0.15, -0.1) is 22.7 Å². The van der Waals surface area contributed by atoms with Gasteiger partial charge in [-0.3, -0.25) is 14.0 Å². The quantitative estimate of drug-likeness (QED) is 0.657. The Morgan fingerprint density at radius 2 is 2.00 bits per heavy atom. The molecule has 0 fully saturated rings. The highest BCUT2D eigenvalue weighted by atomic mass is 32.1. The standard InChI is InChI=1S/C18H19N3O4S2/c1-5-11-10(4)27-15(13(11)17(24)25-6-2)20-14(22)12-7-19-18-21(16(12)23)8-9(3)26-18/h7-8H,5-6H2,1-4H3,(H,20,22). The summed E-state index contributed by atoms with van der Waals surface area (Å²) in [6, 6.07) is 0. The van der Waals surface area contributed by atoms with E-state index in [4.69, 9.17) is 4.74 Å². The predicted octanol–water partition coefficient (Wildman–Crippen LogP) is 3.43. The molecule has 0 radical (unpaired) electrons. The number of thiophene rings is 1. The molecule has 0 bridgehead atoms. The predicted molar refractivity (Wildman–Crippen MR) is 106 cm³/mol. The maximum absolute atomic E-state index is 12.7. The molecule has 0 aromatic carbocycles. The largest absolute Gasteiger partial charge is 0.462 e. The second-order valence-electron chi connectivity index (χ2n) is 5.84. The molecule has 3 rings (SSSR count). The number of thiazole rings is 1. The molecule has 0 spiro atoms. The maximum Gasteiger partial charge on any atom is 0.341 e. The number of carbonyl (C=O) groups is 2. The van der Waals surface area contributed by atoms with E-state index in [9.17, 15) is 14.4 Å². The molecule has 0 unspecified atom stereocenters. The van der Waals surface area contributed by atoms with Crippen molar-refractivity contribution in [1.82, 2.24) is 9.38 Å². The zero-order valence-corrected chi connectivity index (χ0v) is 17.0. The molecule has 7 nitrogen and oxygen atoms in total. The fraction of sp³-hybridized carbons (Fsp3) is 0.333. The van der Waals surface area contributed by atoms with E-state index in [0.29, 0.717) is 21.9 Å². The first-order valence-corrected chi connectivity index (χ1v) is 10.1. The van der Waals surface area contributed by atoms with E-state index < -0.39 is 17.4 Å². The van der Waals surface area contributed by atoms with Gasteiger partial charge in [0.25, 0.3) is 11.5 Å². The zero-order chi connectivity index (χ0) is 19.7. The summed E-state index contributed by atoms with van der Waals surface area (Å²) in [5.74, 6) is -1.08. The minimum Gasteiger partial charge on any atom is -0.462 e. The number of aromatic nitrogens is 2. The molecule has 1 amide bonds. The number of hydrogen-bond acceptors (Lipinski definition) is 7. The summed E-state index contributed by atoms with van der Waals surface area (Å²) in [5, 5.41) is 3.09. The minimum atomic E-state index is -0.597. The summed E-state index contributed by atoms with van der Waals surface area (Å²) in [4.78, 5) is 44.3. The molecule has 3 aromatic heterocycles. The highest BCUT2D eigenvalue weighted by Crippen LogP contribution is 2.34. The molecule has 27 heavy (non-hydrogen) atoms. The molecule has 3 heterocycles. The van der Waals surface area contributed by atoms with Gasteiger partial charge in [-0.05, 0) is 32.8 Å². The van der Waals surface area contributed by atoms with Gasteiger partial charge >= 0.3 is 5.97 Å². The van der Waals surface area contributed by atoms with E-state index in [1.807, 2.05) is 20.8 Å². The fourth-order valence-corrected chi connectivity index (χ4v) is 4.75. The van der Waals surface area contributed by atoms with Crippen LogP contribution in [-0.4, -0.2) is 27.9 Å². The smallest absolute Gasteiger partial charge is 0.341 e. The van der Waals surface area contributed by atoms with E-state index in [1.54, 1.807) is 13.1 Å². The van der Waals surface area contributed by atoms with Crippen LogP contribution in [0.15, 0.2) is 17.2 Å². The van der Waals surface area contributed by atoms with Gasteiger partial charge < -0.3 is 10.1 Å². The number of amides is 1. The van der Waals surface area contributed by atoms with Crippen LogP contribution in [0.5, 0.6) is 0 Å². The summed E-state index contributed by atoms with van der Waals surface area (Å²) in [5.41, 5.74) is 0.677. The van der Waals surface area contributed by atoms with E-state index in [2.05, 4.69) is 10.3 Å². The molecule has 0 aliphatic carbocycles. The van der Waals surface area contributed by atoms with Gasteiger partial charge in [0.1, 0.15) is 10.6 Å². The van der Waals surface area contributed by atoms with E-state index >= 15 is 0 Å². The first-order valence-electron chi connectivity index (χ1n) is 8.45. The van der Waals surface area contributed by atoms with Crippen LogP contribution in [0.2, 0.25) is 0 Å². The van der Waals surface area contributed by atoms with Gasteiger partial charge in [-0.25, -0.2) is 9.78 Å². The lowest BCUT2D eigenvalue weighted by molar-refractivity contribution is 0.0527. The molecule has 0 atom stereocenters. The van der Waals surface area contributed by atoms with Crippen molar-refractivity contribution in [3.63, 3.8) is 0 Å². The molecular formula is C18H19N3O4S2. The van der Waals surface area contributed by atoms with Crippen LogP contribution < -0.4 is 10.9 Å². The van der Waals surface area contributed by atoms with Gasteiger partial charge in [0.15, 0.2) is 4.96 Å². The van der Waals surface area contributed by atoms with Gasteiger partial charge in [-0.2, -0.15) is 0 Å². The van der Waals surface area contributed by atoms with E-state index in [0.717, 1.165) is 15.3 Å². The van der Waals surface area contributed by atoms with Crippen LogP contribution in [0.4, 0.5) is 5.00 Å². The molecule has 0 saturated heterocycles. The molecule has 9 heteroatoms.